The average Bonchev–Trinajstić information content (AvgIpc) is 2.85. The number of thioether (sulfide) groups is 2. The highest BCUT2D eigenvalue weighted by Crippen LogP contribution is 2.37. The van der Waals surface area contributed by atoms with Crippen LogP contribution >= 0.6 is 23.5 Å². The van der Waals surface area contributed by atoms with Crippen LogP contribution in [0.25, 0.3) is 0 Å². The second kappa shape index (κ2) is 24.2. The van der Waals surface area contributed by atoms with Crippen molar-refractivity contribution in [2.24, 2.45) is 0 Å². The molecule has 47 heavy (non-hydrogen) atoms. The van der Waals surface area contributed by atoms with E-state index in [4.69, 9.17) is 13.9 Å². The molecule has 0 saturated carbocycles. The summed E-state index contributed by atoms with van der Waals surface area (Å²) in [5.41, 5.74) is 0. The van der Waals surface area contributed by atoms with E-state index in [9.17, 15) is 24.3 Å². The van der Waals surface area contributed by atoms with E-state index in [0.29, 0.717) is 25.4 Å². The molecular weight excluding hydrogens is 685 g/mol. The third-order valence-corrected chi connectivity index (χ3v) is 16.7. The molecule has 0 unspecified atom stereocenters. The second-order valence-electron chi connectivity index (χ2n) is 15.6. The monoisotopic (exact) mass is 750 g/mol. The molecule has 0 radical (unpaired) electrons. The average molecular weight is 751 g/mol. The summed E-state index contributed by atoms with van der Waals surface area (Å²) >= 11 is 2.57. The number of carbonyl (C=O) groups is 4. The summed E-state index contributed by atoms with van der Waals surface area (Å²) in [6.45, 7) is 28.5. The van der Waals surface area contributed by atoms with Gasteiger partial charge in [-0.3, -0.25) is 19.2 Å². The highest BCUT2D eigenvalue weighted by atomic mass is 32.2. The Hall–Kier alpha value is -0.969. The molecule has 0 rings (SSSR count). The van der Waals surface area contributed by atoms with Crippen molar-refractivity contribution in [3.8, 4) is 0 Å². The highest BCUT2D eigenvalue weighted by molar-refractivity contribution is 8.13. The van der Waals surface area contributed by atoms with Crippen molar-refractivity contribution < 1.29 is 38.2 Å². The lowest BCUT2D eigenvalue weighted by atomic mass is 10.2. The van der Waals surface area contributed by atoms with Crippen LogP contribution in [0.1, 0.15) is 60.3 Å². The van der Waals surface area contributed by atoms with Crippen LogP contribution in [-0.4, -0.2) is 88.7 Å². The van der Waals surface area contributed by atoms with Gasteiger partial charge in [-0.1, -0.05) is 108 Å². The predicted octanol–water partition coefficient (Wildman–Crippen LogP) is 8.72. The first-order valence-electron chi connectivity index (χ1n) is 16.6. The van der Waals surface area contributed by atoms with Gasteiger partial charge in [0.05, 0.1) is 38.3 Å². The Morgan fingerprint density at radius 3 is 1.49 bits per heavy atom. The zero-order valence-corrected chi connectivity index (χ0v) is 36.3. The van der Waals surface area contributed by atoms with E-state index < -0.39 is 30.6 Å². The molecule has 0 aliphatic heterocycles. The third-order valence-electron chi connectivity index (χ3n) is 7.11. The summed E-state index contributed by atoms with van der Waals surface area (Å²) in [6.07, 6.45) is 8.00. The van der Waals surface area contributed by atoms with Gasteiger partial charge >= 0.3 is 11.9 Å². The molecule has 274 valence electrons. The molecule has 0 aromatic carbocycles. The van der Waals surface area contributed by atoms with Crippen molar-refractivity contribution in [3.63, 3.8) is 0 Å². The maximum atomic E-state index is 12.3. The van der Waals surface area contributed by atoms with Crippen molar-refractivity contribution in [2.75, 3.05) is 24.7 Å². The van der Waals surface area contributed by atoms with Crippen LogP contribution in [0, 0.1) is 0 Å². The number of hydrogen-bond acceptors (Lipinski definition) is 10. The number of ether oxygens (including phenoxy) is 2. The molecule has 8 nitrogen and oxygen atoms in total. The quantitative estimate of drug-likeness (QED) is 0.0561. The predicted molar refractivity (Wildman–Crippen MR) is 209 cm³/mol. The van der Waals surface area contributed by atoms with Crippen LogP contribution in [0.15, 0.2) is 24.3 Å². The SMILES string of the molecule is CC(=O)SCC/C=C/[C@@H](O)CC(=O)OCC[Si](C)(C)C.CC(=O)SCC/C=C/[C@H](CC(=O)OCC[Si](C)(C)C)O[Si](C)(C)C(C)(C)C. The summed E-state index contributed by atoms with van der Waals surface area (Å²) in [4.78, 5) is 45.5. The molecule has 0 aromatic heterocycles. The minimum atomic E-state index is -1.99. The Morgan fingerprint density at radius 2 is 1.11 bits per heavy atom. The normalized spacial score (nSPS) is 14.0. The molecule has 0 bridgehead atoms. The first-order valence-corrected chi connectivity index (χ1v) is 28.9. The number of aliphatic hydroxyl groups is 1. The Balaban J connectivity index is 0. The summed E-state index contributed by atoms with van der Waals surface area (Å²) < 4.78 is 17.0. The van der Waals surface area contributed by atoms with Gasteiger partial charge in [0.1, 0.15) is 0 Å². The number of rotatable bonds is 20. The smallest absolute Gasteiger partial charge is 0.308 e. The Bertz CT molecular complexity index is 997. The van der Waals surface area contributed by atoms with Crippen molar-refractivity contribution in [1.82, 2.24) is 0 Å². The van der Waals surface area contributed by atoms with Gasteiger partial charge in [-0.05, 0) is 43.1 Å². The number of carbonyl (C=O) groups excluding carboxylic acids is 4. The minimum Gasteiger partial charge on any atom is -0.466 e. The topological polar surface area (TPSA) is 116 Å². The van der Waals surface area contributed by atoms with Gasteiger partial charge < -0.3 is 19.0 Å². The van der Waals surface area contributed by atoms with Crippen molar-refractivity contribution >= 4 is 70.2 Å². The molecule has 0 aromatic rings. The Labute approximate surface area is 298 Å². The standard InChI is InChI=1S/C20H40O4SSi2.C14H26O4SSi/c1-17(21)25-14-11-10-12-18(24-27(8,9)20(2,3)4)16-19(22)23-13-15-26(5,6)7;1-12(15)19-9-6-5-7-13(16)11-14(17)18-8-10-20(2,3)4/h10,12,18H,11,13-16H2,1-9H3;5,7,13,16H,6,8-11H2,1-4H3/b12-10+;7-5+/t18-;13-/m11/s1. The van der Waals surface area contributed by atoms with Crippen LogP contribution < -0.4 is 0 Å². The van der Waals surface area contributed by atoms with Gasteiger partial charge in [-0.15, -0.1) is 0 Å². The van der Waals surface area contributed by atoms with Crippen LogP contribution in [0.5, 0.6) is 0 Å². The fraction of sp³-hybridized carbons (Fsp3) is 0.765. The molecule has 0 heterocycles. The first-order chi connectivity index (χ1) is 21.3. The molecule has 2 atom stereocenters. The molecule has 0 saturated heterocycles. The number of aliphatic hydroxyl groups excluding tert-OH is 1. The largest absolute Gasteiger partial charge is 0.466 e. The third kappa shape index (κ3) is 32.0. The minimum absolute atomic E-state index is 0.0119. The summed E-state index contributed by atoms with van der Waals surface area (Å²) in [5.74, 6) is 0.886. The van der Waals surface area contributed by atoms with Crippen LogP contribution in [0.4, 0.5) is 0 Å². The van der Waals surface area contributed by atoms with E-state index in [1.165, 1.54) is 30.4 Å². The number of esters is 2. The lowest BCUT2D eigenvalue weighted by Gasteiger charge is -2.38. The molecule has 0 fully saturated rings. The lowest BCUT2D eigenvalue weighted by Crippen LogP contribution is -2.44. The van der Waals surface area contributed by atoms with E-state index in [-0.39, 0.29) is 46.2 Å². The molecule has 0 aliphatic rings. The fourth-order valence-corrected chi connectivity index (χ4v) is 6.99. The molecule has 0 aliphatic carbocycles. The van der Waals surface area contributed by atoms with E-state index in [0.717, 1.165) is 24.3 Å². The van der Waals surface area contributed by atoms with Gasteiger partial charge in [-0.25, -0.2) is 0 Å². The maximum absolute atomic E-state index is 12.3. The van der Waals surface area contributed by atoms with Gasteiger partial charge in [0.25, 0.3) is 0 Å². The van der Waals surface area contributed by atoms with E-state index in [1.54, 1.807) is 19.1 Å². The van der Waals surface area contributed by atoms with Crippen molar-refractivity contribution in [3.05, 3.63) is 24.3 Å². The van der Waals surface area contributed by atoms with Crippen LogP contribution in [0.2, 0.25) is 69.5 Å². The van der Waals surface area contributed by atoms with Gasteiger partial charge in [-0.2, -0.15) is 0 Å². The number of hydrogen-bond donors (Lipinski definition) is 1. The van der Waals surface area contributed by atoms with Crippen molar-refractivity contribution in [2.45, 2.75) is 142 Å². The van der Waals surface area contributed by atoms with E-state index in [2.05, 4.69) is 73.1 Å². The summed E-state index contributed by atoms with van der Waals surface area (Å²) in [5, 5.41) is 9.93. The van der Waals surface area contributed by atoms with Gasteiger partial charge in [0.15, 0.2) is 18.5 Å². The van der Waals surface area contributed by atoms with Crippen LogP contribution in [0.3, 0.4) is 0 Å². The maximum Gasteiger partial charge on any atom is 0.308 e. The Morgan fingerprint density at radius 1 is 0.702 bits per heavy atom. The van der Waals surface area contributed by atoms with Crippen LogP contribution in [-0.2, 0) is 33.1 Å². The van der Waals surface area contributed by atoms with Crippen molar-refractivity contribution in [1.29, 1.82) is 0 Å². The zero-order chi connectivity index (χ0) is 36.9. The van der Waals surface area contributed by atoms with Gasteiger partial charge in [0.2, 0.25) is 0 Å². The lowest BCUT2D eigenvalue weighted by molar-refractivity contribution is -0.145. The molecule has 0 spiro atoms. The zero-order valence-electron chi connectivity index (χ0n) is 31.7. The first kappa shape index (κ1) is 48.1. The second-order valence-corrected chi connectivity index (χ2v) is 34.1. The van der Waals surface area contributed by atoms with E-state index >= 15 is 0 Å². The fourth-order valence-electron chi connectivity index (χ4n) is 3.21. The molecule has 13 heteroatoms. The molecular formula is C34H66O8S2Si3. The highest BCUT2D eigenvalue weighted by Gasteiger charge is 2.39. The van der Waals surface area contributed by atoms with Gasteiger partial charge in [0, 0.05) is 41.5 Å². The van der Waals surface area contributed by atoms with E-state index in [1.807, 2.05) is 12.2 Å². The number of allylic oxidation sites excluding steroid dienone is 2. The molecule has 1 N–H and O–H groups in total. The molecule has 0 amide bonds. The summed E-state index contributed by atoms with van der Waals surface area (Å²) in [7, 11) is -4.39. The Kier molecular flexibility index (Phi) is 24.8. The summed E-state index contributed by atoms with van der Waals surface area (Å²) in [6, 6.07) is 1.91.